The van der Waals surface area contributed by atoms with Crippen LogP contribution in [0.4, 0.5) is 4.79 Å². The zero-order chi connectivity index (χ0) is 23.3. The number of amides is 3. The molecule has 0 aliphatic carbocycles. The van der Waals surface area contributed by atoms with Gasteiger partial charge >= 0.3 is 0 Å². The Bertz CT molecular complexity index is 1070. The molecule has 0 unspecified atom stereocenters. The van der Waals surface area contributed by atoms with Crippen molar-refractivity contribution in [2.24, 2.45) is 0 Å². The summed E-state index contributed by atoms with van der Waals surface area (Å²) in [5, 5.41) is 3.12. The summed E-state index contributed by atoms with van der Waals surface area (Å²) in [6.45, 7) is 2.33. The Labute approximate surface area is 199 Å². The Hall–Kier alpha value is -2.68. The van der Waals surface area contributed by atoms with Crippen LogP contribution in [0.25, 0.3) is 6.08 Å². The van der Waals surface area contributed by atoms with Crippen molar-refractivity contribution in [1.82, 2.24) is 10.2 Å². The molecule has 0 radical (unpaired) electrons. The lowest BCUT2D eigenvalue weighted by Crippen LogP contribution is -2.37. The van der Waals surface area contributed by atoms with E-state index in [0.717, 1.165) is 22.2 Å². The van der Waals surface area contributed by atoms with Crippen LogP contribution < -0.4 is 14.8 Å². The monoisotopic (exact) mass is 494 g/mol. The Balaban J connectivity index is 1.62. The minimum absolute atomic E-state index is 0.0380. The van der Waals surface area contributed by atoms with Crippen LogP contribution in [-0.2, 0) is 4.79 Å². The zero-order valence-electron chi connectivity index (χ0n) is 17.3. The number of ether oxygens (including phenoxy) is 2. The van der Waals surface area contributed by atoms with E-state index in [4.69, 9.17) is 32.7 Å². The van der Waals surface area contributed by atoms with E-state index in [9.17, 15) is 14.4 Å². The first kappa shape index (κ1) is 24.0. The molecule has 7 nitrogen and oxygen atoms in total. The van der Waals surface area contributed by atoms with E-state index in [2.05, 4.69) is 5.32 Å². The van der Waals surface area contributed by atoms with Gasteiger partial charge in [0.15, 0.2) is 11.5 Å². The summed E-state index contributed by atoms with van der Waals surface area (Å²) >= 11 is 12.9. The Morgan fingerprint density at radius 3 is 2.56 bits per heavy atom. The van der Waals surface area contributed by atoms with Gasteiger partial charge < -0.3 is 14.8 Å². The first-order chi connectivity index (χ1) is 15.3. The number of halogens is 2. The number of methoxy groups -OCH3 is 1. The van der Waals surface area contributed by atoms with E-state index in [0.29, 0.717) is 28.0 Å². The number of nitrogens with zero attached hydrogens (tertiary/aromatic N) is 1. The molecule has 1 aliphatic heterocycles. The molecule has 10 heteroatoms. The number of thioether (sulfide) groups is 1. The molecule has 0 aromatic heterocycles. The van der Waals surface area contributed by atoms with E-state index in [-0.39, 0.29) is 23.7 Å². The third kappa shape index (κ3) is 5.56. The molecule has 0 spiro atoms. The van der Waals surface area contributed by atoms with Gasteiger partial charge in [0.1, 0.15) is 0 Å². The van der Waals surface area contributed by atoms with E-state index in [1.165, 1.54) is 19.2 Å². The van der Waals surface area contributed by atoms with Gasteiger partial charge in [0.05, 0.1) is 23.6 Å². The van der Waals surface area contributed by atoms with Crippen molar-refractivity contribution in [2.45, 2.75) is 6.92 Å². The van der Waals surface area contributed by atoms with E-state index in [1.54, 1.807) is 30.3 Å². The molecule has 2 aromatic carbocycles. The van der Waals surface area contributed by atoms with Crippen LogP contribution in [0.3, 0.4) is 0 Å². The second kappa shape index (κ2) is 10.8. The van der Waals surface area contributed by atoms with Crippen LogP contribution >= 0.6 is 35.0 Å². The first-order valence-electron chi connectivity index (χ1n) is 9.63. The molecule has 0 saturated carbocycles. The predicted octanol–water partition coefficient (Wildman–Crippen LogP) is 4.87. The molecule has 3 amide bonds. The van der Waals surface area contributed by atoms with Crippen molar-refractivity contribution < 1.29 is 23.9 Å². The summed E-state index contributed by atoms with van der Waals surface area (Å²) in [4.78, 5) is 38.8. The van der Waals surface area contributed by atoms with Crippen molar-refractivity contribution in [2.75, 3.05) is 26.8 Å². The molecular weight excluding hydrogens is 475 g/mol. The summed E-state index contributed by atoms with van der Waals surface area (Å²) < 4.78 is 10.7. The highest BCUT2D eigenvalue weighted by Gasteiger charge is 2.34. The minimum Gasteiger partial charge on any atom is -0.493 e. The molecule has 32 heavy (non-hydrogen) atoms. The van der Waals surface area contributed by atoms with Crippen molar-refractivity contribution >= 4 is 58.1 Å². The highest BCUT2D eigenvalue weighted by Crippen LogP contribution is 2.36. The van der Waals surface area contributed by atoms with Crippen molar-refractivity contribution in [3.63, 3.8) is 0 Å². The summed E-state index contributed by atoms with van der Waals surface area (Å²) in [6, 6.07) is 9.91. The molecule has 1 saturated heterocycles. The van der Waals surface area contributed by atoms with Crippen LogP contribution in [0, 0.1) is 0 Å². The number of rotatable bonds is 8. The van der Waals surface area contributed by atoms with Crippen LogP contribution in [0.5, 0.6) is 11.5 Å². The number of nitrogens with one attached hydrogen (secondary N) is 1. The highest BCUT2D eigenvalue weighted by atomic mass is 35.5. The lowest BCUT2D eigenvalue weighted by atomic mass is 10.2. The van der Waals surface area contributed by atoms with Gasteiger partial charge in [0.25, 0.3) is 17.1 Å². The van der Waals surface area contributed by atoms with Crippen LogP contribution in [0.15, 0.2) is 41.3 Å². The fourth-order valence-electron chi connectivity index (χ4n) is 2.92. The van der Waals surface area contributed by atoms with Gasteiger partial charge in [-0.25, -0.2) is 0 Å². The highest BCUT2D eigenvalue weighted by molar-refractivity contribution is 8.18. The molecular formula is C22H20Cl2N2O5S. The second-order valence-corrected chi connectivity index (χ2v) is 8.40. The van der Waals surface area contributed by atoms with Gasteiger partial charge in [-0.15, -0.1) is 0 Å². The smallest absolute Gasteiger partial charge is 0.293 e. The topological polar surface area (TPSA) is 84.9 Å². The maximum atomic E-state index is 12.6. The number of imide groups is 1. The predicted molar refractivity (Wildman–Crippen MR) is 126 cm³/mol. The molecule has 1 fully saturated rings. The van der Waals surface area contributed by atoms with Gasteiger partial charge in [-0.1, -0.05) is 35.3 Å². The number of carbonyl (C=O) groups excluding carboxylic acids is 3. The van der Waals surface area contributed by atoms with Gasteiger partial charge in [-0.05, 0) is 54.6 Å². The maximum absolute atomic E-state index is 12.6. The normalized spacial score (nSPS) is 14.8. The fourth-order valence-corrected chi connectivity index (χ4v) is 4.18. The Kier molecular flexibility index (Phi) is 8.06. The van der Waals surface area contributed by atoms with E-state index >= 15 is 0 Å². The lowest BCUT2D eigenvalue weighted by molar-refractivity contribution is -0.122. The second-order valence-electron chi connectivity index (χ2n) is 6.56. The maximum Gasteiger partial charge on any atom is 0.293 e. The fraction of sp³-hybridized carbons (Fsp3) is 0.227. The molecule has 168 valence electrons. The average Bonchev–Trinajstić information content (AvgIpc) is 3.03. The lowest BCUT2D eigenvalue weighted by Gasteiger charge is -2.15. The van der Waals surface area contributed by atoms with Crippen LogP contribution in [-0.4, -0.2) is 48.8 Å². The standard InChI is InChI=1S/C22H20Cl2N2O5S/c1-3-31-19-16(24)11-14(12-17(19)30-2)20(27)25-8-9-26-21(28)18(32-22(26)29)10-13-4-6-15(23)7-5-13/h4-7,10-12H,3,8-9H2,1-2H3,(H,25,27)/b18-10-. The van der Waals surface area contributed by atoms with Gasteiger partial charge in [0, 0.05) is 23.7 Å². The summed E-state index contributed by atoms with van der Waals surface area (Å²) in [6.07, 6.45) is 1.63. The van der Waals surface area contributed by atoms with Gasteiger partial charge in [-0.2, -0.15) is 0 Å². The molecule has 0 bridgehead atoms. The molecule has 1 heterocycles. The molecule has 0 atom stereocenters. The van der Waals surface area contributed by atoms with E-state index < -0.39 is 17.1 Å². The van der Waals surface area contributed by atoms with Crippen molar-refractivity contribution in [3.05, 3.63) is 62.5 Å². The number of benzene rings is 2. The summed E-state index contributed by atoms with van der Waals surface area (Å²) in [5.41, 5.74) is 1.03. The third-order valence-corrected chi connectivity index (χ3v) is 5.88. The number of hydrogen-bond acceptors (Lipinski definition) is 6. The van der Waals surface area contributed by atoms with Crippen LogP contribution in [0.2, 0.25) is 10.0 Å². The SMILES string of the molecule is CCOc1c(Cl)cc(C(=O)NCCN2C(=O)S/C(=C\c3ccc(Cl)cc3)C2=O)cc1OC. The molecule has 3 rings (SSSR count). The van der Waals surface area contributed by atoms with Crippen molar-refractivity contribution in [1.29, 1.82) is 0 Å². The largest absolute Gasteiger partial charge is 0.493 e. The molecule has 1 aliphatic rings. The van der Waals surface area contributed by atoms with Crippen LogP contribution in [0.1, 0.15) is 22.8 Å². The number of carbonyl (C=O) groups is 3. The summed E-state index contributed by atoms with van der Waals surface area (Å²) in [7, 11) is 1.45. The molecule has 1 N–H and O–H groups in total. The van der Waals surface area contributed by atoms with Gasteiger partial charge in [-0.3, -0.25) is 19.3 Å². The minimum atomic E-state index is -0.420. The Morgan fingerprint density at radius 1 is 1.19 bits per heavy atom. The first-order valence-corrected chi connectivity index (χ1v) is 11.2. The van der Waals surface area contributed by atoms with Crippen molar-refractivity contribution in [3.8, 4) is 11.5 Å². The molecule has 2 aromatic rings. The summed E-state index contributed by atoms with van der Waals surface area (Å²) in [5.74, 6) is -0.131. The number of hydrogen-bond donors (Lipinski definition) is 1. The average molecular weight is 495 g/mol. The van der Waals surface area contributed by atoms with E-state index in [1.807, 2.05) is 6.92 Å². The quantitative estimate of drug-likeness (QED) is 0.527. The zero-order valence-corrected chi connectivity index (χ0v) is 19.6. The van der Waals surface area contributed by atoms with Gasteiger partial charge in [0.2, 0.25) is 0 Å². The Morgan fingerprint density at radius 2 is 1.91 bits per heavy atom. The third-order valence-electron chi connectivity index (χ3n) is 4.44.